The summed E-state index contributed by atoms with van der Waals surface area (Å²) in [5, 5.41) is 7.58. The first-order chi connectivity index (χ1) is 18.4. The van der Waals surface area contributed by atoms with Gasteiger partial charge >= 0.3 is 0 Å². The quantitative estimate of drug-likeness (QED) is 0.247. The summed E-state index contributed by atoms with van der Waals surface area (Å²) < 4.78 is 3.09. The summed E-state index contributed by atoms with van der Waals surface area (Å²) in [5.74, 6) is 1.01. The Morgan fingerprint density at radius 2 is 1.79 bits per heavy atom. The van der Waals surface area contributed by atoms with Crippen LogP contribution < -0.4 is 4.90 Å². The van der Waals surface area contributed by atoms with E-state index in [-0.39, 0.29) is 5.91 Å². The fraction of sp³-hybridized carbons (Fsp3) is 0.300. The maximum absolute atomic E-state index is 12.6. The van der Waals surface area contributed by atoms with E-state index in [2.05, 4.69) is 55.1 Å². The lowest BCUT2D eigenvalue weighted by atomic mass is 9.94. The summed E-state index contributed by atoms with van der Waals surface area (Å²) in [4.78, 5) is 21.7. The standard InChI is InChI=1S/C30H30ClN5OS/c1-5-22-18(3)15-24-28(27(22)19-7-10-21(31)11-8-19)38-30(32-24)20-9-12-25-23(16-20)29(33-34(25)4)36-14-13-35(6-2)26(37)17-36/h7-12,15-16H,5-6,13-14,17H2,1-4H3. The Morgan fingerprint density at radius 3 is 2.50 bits per heavy atom. The number of thiazole rings is 1. The number of amides is 1. The molecule has 0 saturated carbocycles. The fourth-order valence-electron chi connectivity index (χ4n) is 5.57. The van der Waals surface area contributed by atoms with Crippen LogP contribution in [0.3, 0.4) is 0 Å². The number of piperazine rings is 1. The molecule has 6 rings (SSSR count). The number of likely N-dealkylation sites (N-methyl/N-ethyl adjacent to an activating group) is 1. The number of anilines is 1. The van der Waals surface area contributed by atoms with Gasteiger partial charge < -0.3 is 9.80 Å². The van der Waals surface area contributed by atoms with Gasteiger partial charge in [-0.25, -0.2) is 4.98 Å². The first-order valence-corrected chi connectivity index (χ1v) is 14.3. The minimum absolute atomic E-state index is 0.150. The van der Waals surface area contributed by atoms with E-state index < -0.39 is 0 Å². The third kappa shape index (κ3) is 4.14. The molecule has 0 atom stereocenters. The van der Waals surface area contributed by atoms with E-state index in [1.54, 1.807) is 11.3 Å². The number of hydrogen-bond acceptors (Lipinski definition) is 5. The van der Waals surface area contributed by atoms with Crippen LogP contribution in [0.25, 0.3) is 42.8 Å². The van der Waals surface area contributed by atoms with E-state index in [0.29, 0.717) is 6.54 Å². The Kier molecular flexibility index (Phi) is 6.36. The van der Waals surface area contributed by atoms with Gasteiger partial charge in [0.15, 0.2) is 5.82 Å². The summed E-state index contributed by atoms with van der Waals surface area (Å²) in [6, 6.07) is 16.7. The van der Waals surface area contributed by atoms with E-state index >= 15 is 0 Å². The van der Waals surface area contributed by atoms with E-state index in [0.717, 1.165) is 69.4 Å². The van der Waals surface area contributed by atoms with Gasteiger partial charge in [-0.2, -0.15) is 5.10 Å². The normalized spacial score (nSPS) is 14.3. The van der Waals surface area contributed by atoms with Crippen LogP contribution in [0.1, 0.15) is 25.0 Å². The highest BCUT2D eigenvalue weighted by atomic mass is 35.5. The van der Waals surface area contributed by atoms with Crippen molar-refractivity contribution >= 4 is 55.8 Å². The van der Waals surface area contributed by atoms with Crippen LogP contribution in [0.15, 0.2) is 48.5 Å². The van der Waals surface area contributed by atoms with E-state index in [9.17, 15) is 4.79 Å². The van der Waals surface area contributed by atoms with E-state index in [4.69, 9.17) is 21.7 Å². The van der Waals surface area contributed by atoms with Gasteiger partial charge in [-0.05, 0) is 73.4 Å². The fourth-order valence-corrected chi connectivity index (χ4v) is 6.83. The average Bonchev–Trinajstić information content (AvgIpc) is 3.49. The molecule has 0 aliphatic carbocycles. The molecule has 5 aromatic rings. The molecule has 1 fully saturated rings. The first kappa shape index (κ1) is 24.9. The van der Waals surface area contributed by atoms with Gasteiger partial charge in [0.1, 0.15) is 5.01 Å². The highest BCUT2D eigenvalue weighted by molar-refractivity contribution is 7.22. The zero-order valence-corrected chi connectivity index (χ0v) is 23.7. The molecule has 38 heavy (non-hydrogen) atoms. The second-order valence-corrected chi connectivity index (χ2v) is 11.3. The van der Waals surface area contributed by atoms with Crippen molar-refractivity contribution in [2.75, 3.05) is 31.1 Å². The lowest BCUT2D eigenvalue weighted by molar-refractivity contribution is -0.130. The van der Waals surface area contributed by atoms with Crippen molar-refractivity contribution in [3.63, 3.8) is 0 Å². The number of rotatable bonds is 5. The van der Waals surface area contributed by atoms with Crippen LogP contribution in [-0.4, -0.2) is 51.8 Å². The Hall–Kier alpha value is -3.42. The molecule has 3 heterocycles. The minimum Gasteiger partial charge on any atom is -0.344 e. The Labute approximate surface area is 231 Å². The monoisotopic (exact) mass is 543 g/mol. The summed E-state index contributed by atoms with van der Waals surface area (Å²) >= 11 is 7.94. The lowest BCUT2D eigenvalue weighted by Gasteiger charge is -2.33. The highest BCUT2D eigenvalue weighted by Gasteiger charge is 2.26. The summed E-state index contributed by atoms with van der Waals surface area (Å²) in [6.45, 7) is 9.00. The SMILES string of the molecule is CCc1c(C)cc2nc(-c3ccc4c(c3)c(N3CCN(CC)C(=O)C3)nn4C)sc2c1-c1ccc(Cl)cc1. The molecule has 1 saturated heterocycles. The minimum atomic E-state index is 0.150. The zero-order valence-electron chi connectivity index (χ0n) is 22.1. The molecule has 8 heteroatoms. The molecular formula is C30H30ClN5OS. The number of benzene rings is 3. The lowest BCUT2D eigenvalue weighted by Crippen LogP contribution is -2.50. The molecule has 1 aliphatic rings. The van der Waals surface area contributed by atoms with Crippen molar-refractivity contribution in [2.45, 2.75) is 27.2 Å². The smallest absolute Gasteiger partial charge is 0.242 e. The van der Waals surface area contributed by atoms with Gasteiger partial charge in [-0.3, -0.25) is 9.48 Å². The molecule has 0 radical (unpaired) electrons. The molecule has 0 bridgehead atoms. The largest absolute Gasteiger partial charge is 0.344 e. The molecule has 0 N–H and O–H groups in total. The molecule has 6 nitrogen and oxygen atoms in total. The van der Waals surface area contributed by atoms with Crippen molar-refractivity contribution in [1.29, 1.82) is 0 Å². The molecule has 0 unspecified atom stereocenters. The van der Waals surface area contributed by atoms with Crippen molar-refractivity contribution in [3.05, 3.63) is 64.7 Å². The van der Waals surface area contributed by atoms with Gasteiger partial charge in [0.2, 0.25) is 5.91 Å². The predicted molar refractivity (Wildman–Crippen MR) is 158 cm³/mol. The van der Waals surface area contributed by atoms with Gasteiger partial charge in [0.25, 0.3) is 0 Å². The zero-order chi connectivity index (χ0) is 26.6. The van der Waals surface area contributed by atoms with Gasteiger partial charge in [0.05, 0.1) is 22.3 Å². The van der Waals surface area contributed by atoms with Gasteiger partial charge in [-0.1, -0.05) is 30.7 Å². The number of carbonyl (C=O) groups excluding carboxylic acids is 1. The second kappa shape index (κ2) is 9.71. The van der Waals surface area contributed by atoms with Crippen LogP contribution in [0.5, 0.6) is 0 Å². The van der Waals surface area contributed by atoms with E-state index in [1.807, 2.05) is 35.7 Å². The second-order valence-electron chi connectivity index (χ2n) is 9.85. The predicted octanol–water partition coefficient (Wildman–Crippen LogP) is 6.71. The number of fused-ring (bicyclic) bond motifs is 2. The molecule has 1 aliphatic heterocycles. The Morgan fingerprint density at radius 1 is 1.03 bits per heavy atom. The highest BCUT2D eigenvalue weighted by Crippen LogP contribution is 2.42. The third-order valence-corrected chi connectivity index (χ3v) is 8.97. The van der Waals surface area contributed by atoms with Crippen molar-refractivity contribution < 1.29 is 4.79 Å². The molecule has 3 aromatic carbocycles. The molecular weight excluding hydrogens is 514 g/mol. The number of aromatic nitrogens is 3. The topological polar surface area (TPSA) is 54.3 Å². The third-order valence-electron chi connectivity index (χ3n) is 7.58. The summed E-state index contributed by atoms with van der Waals surface area (Å²) in [7, 11) is 1.96. The van der Waals surface area contributed by atoms with Crippen LogP contribution in [0, 0.1) is 6.92 Å². The molecule has 2 aromatic heterocycles. The number of halogens is 1. The molecule has 0 spiro atoms. The van der Waals surface area contributed by atoms with Crippen molar-refractivity contribution in [3.8, 4) is 21.7 Å². The van der Waals surface area contributed by atoms with Crippen LogP contribution >= 0.6 is 22.9 Å². The first-order valence-electron chi connectivity index (χ1n) is 13.1. The average molecular weight is 544 g/mol. The number of nitrogens with zero attached hydrogens (tertiary/aromatic N) is 5. The summed E-state index contributed by atoms with van der Waals surface area (Å²) in [6.07, 6.45) is 0.946. The summed E-state index contributed by atoms with van der Waals surface area (Å²) in [5.41, 5.74) is 8.12. The maximum Gasteiger partial charge on any atom is 0.242 e. The Balaban J connectivity index is 1.47. The van der Waals surface area contributed by atoms with Crippen LogP contribution in [0.4, 0.5) is 5.82 Å². The van der Waals surface area contributed by atoms with E-state index in [1.165, 1.54) is 21.4 Å². The Bertz CT molecular complexity index is 1690. The number of carbonyl (C=O) groups is 1. The maximum atomic E-state index is 12.6. The molecule has 1 amide bonds. The van der Waals surface area contributed by atoms with Crippen LogP contribution in [-0.2, 0) is 18.3 Å². The van der Waals surface area contributed by atoms with Crippen LogP contribution in [0.2, 0.25) is 5.02 Å². The number of hydrogen-bond donors (Lipinski definition) is 0. The van der Waals surface area contributed by atoms with Gasteiger partial charge in [-0.15, -0.1) is 11.3 Å². The van der Waals surface area contributed by atoms with Crippen molar-refractivity contribution in [2.24, 2.45) is 7.05 Å². The molecule has 194 valence electrons. The van der Waals surface area contributed by atoms with Gasteiger partial charge in [0, 0.05) is 48.2 Å². The van der Waals surface area contributed by atoms with Crippen molar-refractivity contribution in [1.82, 2.24) is 19.7 Å². The number of aryl methyl sites for hydroxylation is 2.